The second kappa shape index (κ2) is 7.02. The van der Waals surface area contributed by atoms with Gasteiger partial charge in [0.05, 0.1) is 11.9 Å². The Morgan fingerprint density at radius 2 is 1.95 bits per heavy atom. The van der Waals surface area contributed by atoms with Gasteiger partial charge in [-0.25, -0.2) is 13.1 Å². The third-order valence-electron chi connectivity index (χ3n) is 3.94. The lowest BCUT2D eigenvalue weighted by atomic mass is 10.2. The number of unbranched alkanes of at least 4 members (excludes halogenated alkanes) is 1. The van der Waals surface area contributed by atoms with Gasteiger partial charge in [0.15, 0.2) is 0 Å². The number of nitrogens with one attached hydrogen (secondary N) is 2. The fourth-order valence-electron chi connectivity index (χ4n) is 2.64. The summed E-state index contributed by atoms with van der Waals surface area (Å²) >= 11 is 0. The van der Waals surface area contributed by atoms with E-state index in [9.17, 15) is 8.42 Å². The molecule has 0 aromatic heterocycles. The molecule has 0 heterocycles. The maximum Gasteiger partial charge on any atom is 0.211 e. The molecule has 0 bridgehead atoms. The van der Waals surface area contributed by atoms with Crippen LogP contribution in [0.5, 0.6) is 0 Å². The van der Waals surface area contributed by atoms with E-state index in [0.29, 0.717) is 6.04 Å². The van der Waals surface area contributed by atoms with Crippen LogP contribution >= 0.6 is 0 Å². The maximum atomic E-state index is 12.0. The molecule has 5 nitrogen and oxygen atoms in total. The van der Waals surface area contributed by atoms with Crippen LogP contribution in [-0.2, 0) is 14.8 Å². The Morgan fingerprint density at radius 3 is 2.63 bits per heavy atom. The molecule has 2 aliphatic carbocycles. The van der Waals surface area contributed by atoms with Crippen molar-refractivity contribution in [3.63, 3.8) is 0 Å². The van der Waals surface area contributed by atoms with E-state index in [2.05, 4.69) is 10.0 Å². The average Bonchev–Trinajstić information content (AvgIpc) is 3.08. The predicted molar refractivity (Wildman–Crippen MR) is 75.6 cm³/mol. The van der Waals surface area contributed by atoms with Gasteiger partial charge in [-0.3, -0.25) is 0 Å². The summed E-state index contributed by atoms with van der Waals surface area (Å²) in [6.45, 7) is 0.935. The number of sulfonamides is 1. The van der Waals surface area contributed by atoms with Crippen molar-refractivity contribution < 1.29 is 13.2 Å². The molecule has 2 saturated carbocycles. The molecule has 0 aliphatic heterocycles. The highest BCUT2D eigenvalue weighted by Crippen LogP contribution is 2.22. The summed E-state index contributed by atoms with van der Waals surface area (Å²) in [4.78, 5) is 0. The van der Waals surface area contributed by atoms with Crippen LogP contribution in [0.25, 0.3) is 0 Å². The minimum atomic E-state index is -3.15. The Hall–Kier alpha value is -0.170. The summed E-state index contributed by atoms with van der Waals surface area (Å²) in [5.41, 5.74) is 0. The first-order valence-corrected chi connectivity index (χ1v) is 9.02. The van der Waals surface area contributed by atoms with Gasteiger partial charge in [-0.1, -0.05) is 0 Å². The fourth-order valence-corrected chi connectivity index (χ4v) is 4.08. The minimum Gasteiger partial charge on any atom is -0.380 e. The zero-order chi connectivity index (χ0) is 13.7. The van der Waals surface area contributed by atoms with Crippen LogP contribution < -0.4 is 10.0 Å². The van der Waals surface area contributed by atoms with E-state index < -0.39 is 10.0 Å². The zero-order valence-electron chi connectivity index (χ0n) is 11.7. The fraction of sp³-hybridized carbons (Fsp3) is 1.00. The van der Waals surface area contributed by atoms with Crippen LogP contribution in [0.3, 0.4) is 0 Å². The number of rotatable bonds is 9. The van der Waals surface area contributed by atoms with E-state index in [1.807, 2.05) is 0 Å². The lowest BCUT2D eigenvalue weighted by molar-refractivity contribution is 0.0916. The van der Waals surface area contributed by atoms with Crippen molar-refractivity contribution >= 4 is 10.0 Å². The lowest BCUT2D eigenvalue weighted by Crippen LogP contribution is -2.41. The SMILES string of the molecule is COC1CCCC1NS(=O)(=O)CCCCNC1CC1. The summed E-state index contributed by atoms with van der Waals surface area (Å²) < 4.78 is 32.0. The molecule has 19 heavy (non-hydrogen) atoms. The summed E-state index contributed by atoms with van der Waals surface area (Å²) in [5.74, 6) is 0.228. The standard InChI is InChI=1S/C13H26N2O3S/c1-18-13-6-4-5-12(13)15-19(16,17)10-3-2-9-14-11-7-8-11/h11-15H,2-10H2,1H3. The average molecular weight is 290 g/mol. The van der Waals surface area contributed by atoms with Crippen molar-refractivity contribution in [1.82, 2.24) is 10.0 Å². The van der Waals surface area contributed by atoms with E-state index in [1.165, 1.54) is 12.8 Å². The molecular weight excluding hydrogens is 264 g/mol. The first-order chi connectivity index (χ1) is 9.11. The van der Waals surface area contributed by atoms with E-state index in [0.717, 1.165) is 38.6 Å². The van der Waals surface area contributed by atoms with Gasteiger partial charge in [0.25, 0.3) is 0 Å². The molecule has 2 unspecified atom stereocenters. The molecule has 112 valence electrons. The highest BCUT2D eigenvalue weighted by atomic mass is 32.2. The molecule has 0 aromatic carbocycles. The molecule has 2 aliphatic rings. The van der Waals surface area contributed by atoms with Crippen LogP contribution in [-0.4, -0.2) is 46.0 Å². The third kappa shape index (κ3) is 5.38. The van der Waals surface area contributed by atoms with Gasteiger partial charge in [0.2, 0.25) is 10.0 Å². The zero-order valence-corrected chi connectivity index (χ0v) is 12.5. The summed E-state index contributed by atoms with van der Waals surface area (Å²) in [6, 6.07) is 0.676. The van der Waals surface area contributed by atoms with E-state index in [1.54, 1.807) is 7.11 Å². The largest absolute Gasteiger partial charge is 0.380 e. The highest BCUT2D eigenvalue weighted by molar-refractivity contribution is 7.89. The second-order valence-electron chi connectivity index (χ2n) is 5.68. The number of ether oxygens (including phenoxy) is 1. The molecule has 0 amide bonds. The summed E-state index contributed by atoms with van der Waals surface area (Å²) in [5, 5.41) is 3.40. The lowest BCUT2D eigenvalue weighted by Gasteiger charge is -2.19. The van der Waals surface area contributed by atoms with Crippen LogP contribution in [0.1, 0.15) is 44.9 Å². The number of methoxy groups -OCH3 is 1. The first kappa shape index (κ1) is 15.2. The van der Waals surface area contributed by atoms with Gasteiger partial charge < -0.3 is 10.1 Å². The summed E-state index contributed by atoms with van der Waals surface area (Å²) in [7, 11) is -1.50. The van der Waals surface area contributed by atoms with Gasteiger partial charge in [-0.05, 0) is 51.5 Å². The van der Waals surface area contributed by atoms with Crippen molar-refractivity contribution in [3.05, 3.63) is 0 Å². The van der Waals surface area contributed by atoms with E-state index in [4.69, 9.17) is 4.74 Å². The Balaban J connectivity index is 1.62. The Morgan fingerprint density at radius 1 is 1.16 bits per heavy atom. The normalized spacial score (nSPS) is 27.8. The predicted octanol–water partition coefficient (Wildman–Crippen LogP) is 1.01. The maximum absolute atomic E-state index is 12.0. The number of hydrogen-bond acceptors (Lipinski definition) is 4. The van der Waals surface area contributed by atoms with Crippen molar-refractivity contribution in [1.29, 1.82) is 0 Å². The molecule has 2 rings (SSSR count). The minimum absolute atomic E-state index is 0.0282. The van der Waals surface area contributed by atoms with Gasteiger partial charge in [0, 0.05) is 19.2 Å². The molecule has 2 atom stereocenters. The van der Waals surface area contributed by atoms with E-state index in [-0.39, 0.29) is 17.9 Å². The quantitative estimate of drug-likeness (QED) is 0.622. The van der Waals surface area contributed by atoms with Crippen LogP contribution in [0.2, 0.25) is 0 Å². The van der Waals surface area contributed by atoms with Crippen molar-refractivity contribution in [2.24, 2.45) is 0 Å². The first-order valence-electron chi connectivity index (χ1n) is 7.37. The van der Waals surface area contributed by atoms with Gasteiger partial charge in [0.1, 0.15) is 0 Å². The monoisotopic (exact) mass is 290 g/mol. The molecule has 0 radical (unpaired) electrons. The van der Waals surface area contributed by atoms with Crippen molar-refractivity contribution in [2.45, 2.75) is 63.1 Å². The van der Waals surface area contributed by atoms with Gasteiger partial charge in [-0.15, -0.1) is 0 Å². The topological polar surface area (TPSA) is 67.4 Å². The molecule has 0 spiro atoms. The van der Waals surface area contributed by atoms with Gasteiger partial charge in [-0.2, -0.15) is 0 Å². The molecule has 2 fully saturated rings. The van der Waals surface area contributed by atoms with Crippen molar-refractivity contribution in [3.8, 4) is 0 Å². The van der Waals surface area contributed by atoms with Gasteiger partial charge >= 0.3 is 0 Å². The molecule has 0 saturated heterocycles. The van der Waals surface area contributed by atoms with Crippen LogP contribution in [0, 0.1) is 0 Å². The van der Waals surface area contributed by atoms with Crippen LogP contribution in [0.15, 0.2) is 0 Å². The third-order valence-corrected chi connectivity index (χ3v) is 5.42. The summed E-state index contributed by atoms with van der Waals surface area (Å²) in [6.07, 6.45) is 7.13. The Bertz CT molecular complexity index is 368. The molecular formula is C13H26N2O3S. The Labute approximate surface area is 116 Å². The van der Waals surface area contributed by atoms with E-state index >= 15 is 0 Å². The Kier molecular flexibility index (Phi) is 5.62. The highest BCUT2D eigenvalue weighted by Gasteiger charge is 2.30. The number of hydrogen-bond donors (Lipinski definition) is 2. The van der Waals surface area contributed by atoms with Crippen LogP contribution in [0.4, 0.5) is 0 Å². The molecule has 0 aromatic rings. The molecule has 6 heteroatoms. The van der Waals surface area contributed by atoms with Crippen molar-refractivity contribution in [2.75, 3.05) is 19.4 Å². The molecule has 2 N–H and O–H groups in total. The smallest absolute Gasteiger partial charge is 0.211 e. The second-order valence-corrected chi connectivity index (χ2v) is 7.56.